The Labute approximate surface area is 99.8 Å². The SMILES string of the molecule is CC(C)CNC(=O)C(C)Nc1cn[nH]c(=O)c1. The molecule has 0 aliphatic rings. The highest BCUT2D eigenvalue weighted by atomic mass is 16.2. The Hall–Kier alpha value is -1.85. The first-order chi connectivity index (χ1) is 7.99. The summed E-state index contributed by atoms with van der Waals surface area (Å²) in [5.74, 6) is 0.311. The Morgan fingerprint density at radius 1 is 1.47 bits per heavy atom. The highest BCUT2D eigenvalue weighted by molar-refractivity contribution is 5.84. The van der Waals surface area contributed by atoms with Crippen molar-refractivity contribution in [3.63, 3.8) is 0 Å². The van der Waals surface area contributed by atoms with Gasteiger partial charge in [-0.3, -0.25) is 9.59 Å². The van der Waals surface area contributed by atoms with Crippen molar-refractivity contribution in [2.24, 2.45) is 5.92 Å². The summed E-state index contributed by atoms with van der Waals surface area (Å²) < 4.78 is 0. The molecule has 1 heterocycles. The molecule has 1 aromatic rings. The number of hydrogen-bond acceptors (Lipinski definition) is 4. The molecule has 1 aromatic heterocycles. The molecule has 0 aliphatic carbocycles. The number of anilines is 1. The summed E-state index contributed by atoms with van der Waals surface area (Å²) in [6.45, 7) is 6.42. The van der Waals surface area contributed by atoms with Crippen LogP contribution < -0.4 is 16.2 Å². The molecule has 1 rings (SSSR count). The molecule has 0 saturated heterocycles. The third-order valence-electron chi connectivity index (χ3n) is 2.13. The first-order valence-corrected chi connectivity index (χ1v) is 5.58. The van der Waals surface area contributed by atoms with Gasteiger partial charge in [-0.15, -0.1) is 0 Å². The predicted molar refractivity (Wildman–Crippen MR) is 65.8 cm³/mol. The van der Waals surface area contributed by atoms with E-state index >= 15 is 0 Å². The van der Waals surface area contributed by atoms with E-state index in [1.807, 2.05) is 13.8 Å². The minimum atomic E-state index is -0.405. The minimum Gasteiger partial charge on any atom is -0.372 e. The molecule has 0 saturated carbocycles. The molecule has 6 nitrogen and oxygen atoms in total. The largest absolute Gasteiger partial charge is 0.372 e. The number of carbonyl (C=O) groups is 1. The first kappa shape index (κ1) is 13.2. The molecule has 94 valence electrons. The standard InChI is InChI=1S/C11H18N4O2/c1-7(2)5-12-11(17)8(3)14-9-4-10(16)15-13-6-9/h4,6-8H,5H2,1-3H3,(H,12,17)(H2,14,15,16). The molecule has 1 amide bonds. The molecule has 0 bridgehead atoms. The van der Waals surface area contributed by atoms with Crippen LogP contribution in [0.5, 0.6) is 0 Å². The summed E-state index contributed by atoms with van der Waals surface area (Å²) in [7, 11) is 0. The average Bonchev–Trinajstić information content (AvgIpc) is 2.25. The lowest BCUT2D eigenvalue weighted by Gasteiger charge is -2.15. The number of aromatic nitrogens is 2. The molecule has 1 atom stereocenters. The Bertz CT molecular complexity index is 427. The van der Waals surface area contributed by atoms with Crippen molar-refractivity contribution in [1.29, 1.82) is 0 Å². The Morgan fingerprint density at radius 2 is 2.18 bits per heavy atom. The average molecular weight is 238 g/mol. The number of nitrogens with one attached hydrogen (secondary N) is 3. The summed E-state index contributed by atoms with van der Waals surface area (Å²) in [5, 5.41) is 11.6. The Kier molecular flexibility index (Phi) is 4.68. The molecule has 0 aliphatic heterocycles. The molecule has 1 unspecified atom stereocenters. The number of amides is 1. The predicted octanol–water partition coefficient (Wildman–Crippen LogP) is 0.342. The second-order valence-electron chi connectivity index (χ2n) is 4.34. The number of rotatable bonds is 5. The number of nitrogens with zero attached hydrogens (tertiary/aromatic N) is 1. The molecular weight excluding hydrogens is 220 g/mol. The fraction of sp³-hybridized carbons (Fsp3) is 0.545. The maximum Gasteiger partial charge on any atom is 0.266 e. The van der Waals surface area contributed by atoms with Crippen molar-refractivity contribution >= 4 is 11.6 Å². The Balaban J connectivity index is 2.51. The van der Waals surface area contributed by atoms with Gasteiger partial charge in [0.25, 0.3) is 5.56 Å². The molecule has 0 fully saturated rings. The molecule has 17 heavy (non-hydrogen) atoms. The lowest BCUT2D eigenvalue weighted by atomic mass is 10.2. The highest BCUT2D eigenvalue weighted by Crippen LogP contribution is 2.02. The van der Waals surface area contributed by atoms with Crippen LogP contribution >= 0.6 is 0 Å². The monoisotopic (exact) mass is 238 g/mol. The van der Waals surface area contributed by atoms with Crippen LogP contribution in [0.3, 0.4) is 0 Å². The van der Waals surface area contributed by atoms with Crippen molar-refractivity contribution < 1.29 is 4.79 Å². The van der Waals surface area contributed by atoms with Crippen LogP contribution in [0.1, 0.15) is 20.8 Å². The molecule has 0 spiro atoms. The van der Waals surface area contributed by atoms with E-state index in [1.165, 1.54) is 12.3 Å². The van der Waals surface area contributed by atoms with Gasteiger partial charge in [0.1, 0.15) is 6.04 Å². The van der Waals surface area contributed by atoms with Crippen molar-refractivity contribution in [3.05, 3.63) is 22.6 Å². The fourth-order valence-corrected chi connectivity index (χ4v) is 1.23. The van der Waals surface area contributed by atoms with Gasteiger partial charge in [-0.05, 0) is 12.8 Å². The summed E-state index contributed by atoms with van der Waals surface area (Å²) in [4.78, 5) is 22.7. The zero-order valence-electron chi connectivity index (χ0n) is 10.3. The summed E-state index contributed by atoms with van der Waals surface area (Å²) in [6.07, 6.45) is 1.47. The van der Waals surface area contributed by atoms with Crippen LogP contribution in [-0.2, 0) is 4.79 Å². The van der Waals surface area contributed by atoms with Crippen LogP contribution in [0.25, 0.3) is 0 Å². The van der Waals surface area contributed by atoms with Gasteiger partial charge in [-0.1, -0.05) is 13.8 Å². The van der Waals surface area contributed by atoms with E-state index < -0.39 is 6.04 Å². The smallest absolute Gasteiger partial charge is 0.266 e. The van der Waals surface area contributed by atoms with E-state index in [0.29, 0.717) is 18.2 Å². The van der Waals surface area contributed by atoms with Gasteiger partial charge in [0.2, 0.25) is 5.91 Å². The third kappa shape index (κ3) is 4.67. The summed E-state index contributed by atoms with van der Waals surface area (Å²) in [6, 6.07) is 0.955. The van der Waals surface area contributed by atoms with Crippen molar-refractivity contribution in [2.75, 3.05) is 11.9 Å². The summed E-state index contributed by atoms with van der Waals surface area (Å²) in [5.41, 5.74) is 0.228. The van der Waals surface area contributed by atoms with Gasteiger partial charge in [-0.25, -0.2) is 5.10 Å². The molecule has 0 aromatic carbocycles. The van der Waals surface area contributed by atoms with Gasteiger partial charge < -0.3 is 10.6 Å². The number of hydrogen-bond donors (Lipinski definition) is 3. The van der Waals surface area contributed by atoms with Crippen LogP contribution in [0.4, 0.5) is 5.69 Å². The topological polar surface area (TPSA) is 86.9 Å². The molecule has 3 N–H and O–H groups in total. The first-order valence-electron chi connectivity index (χ1n) is 5.58. The van der Waals surface area contributed by atoms with Crippen LogP contribution in [0, 0.1) is 5.92 Å². The molecule has 6 heteroatoms. The second-order valence-corrected chi connectivity index (χ2v) is 4.34. The fourth-order valence-electron chi connectivity index (χ4n) is 1.23. The molecule has 0 radical (unpaired) electrons. The van der Waals surface area contributed by atoms with Gasteiger partial charge in [0.05, 0.1) is 11.9 Å². The lowest BCUT2D eigenvalue weighted by molar-refractivity contribution is -0.121. The zero-order chi connectivity index (χ0) is 12.8. The lowest BCUT2D eigenvalue weighted by Crippen LogP contribution is -2.39. The van der Waals surface area contributed by atoms with Crippen LogP contribution in [0.2, 0.25) is 0 Å². The minimum absolute atomic E-state index is 0.0982. The second kappa shape index (κ2) is 6.03. The van der Waals surface area contributed by atoms with Gasteiger partial charge in [0, 0.05) is 12.6 Å². The maximum atomic E-state index is 11.7. The third-order valence-corrected chi connectivity index (χ3v) is 2.13. The zero-order valence-corrected chi connectivity index (χ0v) is 10.3. The number of aromatic amines is 1. The van der Waals surface area contributed by atoms with Gasteiger partial charge >= 0.3 is 0 Å². The normalized spacial score (nSPS) is 12.2. The maximum absolute atomic E-state index is 11.7. The van der Waals surface area contributed by atoms with E-state index in [0.717, 1.165) is 0 Å². The van der Waals surface area contributed by atoms with Gasteiger partial charge in [-0.2, -0.15) is 5.10 Å². The van der Waals surface area contributed by atoms with Crippen LogP contribution in [0.15, 0.2) is 17.1 Å². The van der Waals surface area contributed by atoms with Crippen molar-refractivity contribution in [3.8, 4) is 0 Å². The quantitative estimate of drug-likeness (QED) is 0.690. The van der Waals surface area contributed by atoms with Crippen molar-refractivity contribution in [2.45, 2.75) is 26.8 Å². The van der Waals surface area contributed by atoms with E-state index in [2.05, 4.69) is 20.8 Å². The number of carbonyl (C=O) groups excluding carboxylic acids is 1. The summed E-state index contributed by atoms with van der Waals surface area (Å²) >= 11 is 0. The van der Waals surface area contributed by atoms with Gasteiger partial charge in [0.15, 0.2) is 0 Å². The van der Waals surface area contributed by atoms with E-state index in [-0.39, 0.29) is 11.5 Å². The van der Waals surface area contributed by atoms with E-state index in [1.54, 1.807) is 6.92 Å². The number of H-pyrrole nitrogens is 1. The molecular formula is C11H18N4O2. The van der Waals surface area contributed by atoms with Crippen LogP contribution in [-0.4, -0.2) is 28.7 Å². The highest BCUT2D eigenvalue weighted by Gasteiger charge is 2.12. The van der Waals surface area contributed by atoms with E-state index in [9.17, 15) is 9.59 Å². The Morgan fingerprint density at radius 3 is 2.76 bits per heavy atom. The van der Waals surface area contributed by atoms with Crippen molar-refractivity contribution in [1.82, 2.24) is 15.5 Å². The van der Waals surface area contributed by atoms with E-state index in [4.69, 9.17) is 0 Å².